The Hall–Kier alpha value is -4.71. The molecule has 0 spiro atoms. The molecule has 0 aliphatic rings. The van der Waals surface area contributed by atoms with Crippen molar-refractivity contribution < 1.29 is 28.6 Å². The SMILES string of the molecule is CC/C=C\C/C=C\C/C=C\C/C=C\C/C=C\C/C=C\C/C=C\C/C=C\CCCCCCCCCCC(=O)OCC(COC(=O)CCCCCCC/C=C\C/C=C\CCCCC)OC(=O)CCCCCCC/C=C\C/C=C\CCCCC. The van der Waals surface area contributed by atoms with E-state index >= 15 is 0 Å². The highest BCUT2D eigenvalue weighted by Gasteiger charge is 2.19. The monoisotopic (exact) mass is 1120 g/mol. The first kappa shape index (κ1) is 76.3. The normalized spacial score (nSPS) is 13.1. The number of carbonyl (C=O) groups is 3. The highest BCUT2D eigenvalue weighted by molar-refractivity contribution is 5.71. The maximum absolute atomic E-state index is 12.9. The molecule has 0 aliphatic carbocycles. The van der Waals surface area contributed by atoms with E-state index in [1.165, 1.54) is 83.5 Å². The topological polar surface area (TPSA) is 78.9 Å². The van der Waals surface area contributed by atoms with Gasteiger partial charge in [-0.15, -0.1) is 0 Å². The molecular formula is C75H122O6. The Morgan fingerprint density at radius 3 is 0.753 bits per heavy atom. The molecule has 0 amide bonds. The number of allylic oxidation sites excluding steroid dienone is 24. The number of esters is 3. The van der Waals surface area contributed by atoms with Crippen molar-refractivity contribution in [2.24, 2.45) is 0 Å². The molecule has 0 fully saturated rings. The Balaban J connectivity index is 4.32. The summed E-state index contributed by atoms with van der Waals surface area (Å²) in [4.78, 5) is 38.3. The van der Waals surface area contributed by atoms with E-state index < -0.39 is 6.10 Å². The summed E-state index contributed by atoms with van der Waals surface area (Å²) in [6.07, 6.45) is 97.1. The van der Waals surface area contributed by atoms with Crippen LogP contribution in [0.15, 0.2) is 146 Å². The first-order valence-corrected chi connectivity index (χ1v) is 33.3. The highest BCUT2D eigenvalue weighted by atomic mass is 16.6. The van der Waals surface area contributed by atoms with Gasteiger partial charge in [0.05, 0.1) is 0 Å². The van der Waals surface area contributed by atoms with Crippen molar-refractivity contribution in [1.82, 2.24) is 0 Å². The van der Waals surface area contributed by atoms with Gasteiger partial charge >= 0.3 is 17.9 Å². The number of hydrogen-bond donors (Lipinski definition) is 0. The van der Waals surface area contributed by atoms with Crippen molar-refractivity contribution >= 4 is 17.9 Å². The van der Waals surface area contributed by atoms with Crippen LogP contribution in [0.4, 0.5) is 0 Å². The molecule has 6 heteroatoms. The minimum atomic E-state index is -0.801. The van der Waals surface area contributed by atoms with Crippen LogP contribution >= 0.6 is 0 Å². The largest absolute Gasteiger partial charge is 0.462 e. The molecule has 81 heavy (non-hydrogen) atoms. The first-order valence-electron chi connectivity index (χ1n) is 33.3. The van der Waals surface area contributed by atoms with Crippen LogP contribution < -0.4 is 0 Å². The Kier molecular flexibility index (Phi) is 63.9. The van der Waals surface area contributed by atoms with E-state index in [0.717, 1.165) is 167 Å². The third-order valence-electron chi connectivity index (χ3n) is 13.8. The molecule has 0 saturated carbocycles. The van der Waals surface area contributed by atoms with Crippen LogP contribution in [0.5, 0.6) is 0 Å². The van der Waals surface area contributed by atoms with Crippen molar-refractivity contribution in [2.75, 3.05) is 13.2 Å². The van der Waals surface area contributed by atoms with Crippen molar-refractivity contribution in [2.45, 2.75) is 297 Å². The van der Waals surface area contributed by atoms with Crippen LogP contribution in [0, 0.1) is 0 Å². The zero-order valence-corrected chi connectivity index (χ0v) is 52.5. The van der Waals surface area contributed by atoms with Gasteiger partial charge < -0.3 is 14.2 Å². The first-order chi connectivity index (χ1) is 40.0. The second kappa shape index (κ2) is 67.8. The molecule has 6 nitrogen and oxygen atoms in total. The molecule has 0 saturated heterocycles. The Morgan fingerprint density at radius 1 is 0.259 bits per heavy atom. The fraction of sp³-hybridized carbons (Fsp3) is 0.640. The number of ether oxygens (including phenoxy) is 3. The number of hydrogen-bond acceptors (Lipinski definition) is 6. The lowest BCUT2D eigenvalue weighted by Crippen LogP contribution is -2.30. The van der Waals surface area contributed by atoms with Crippen molar-refractivity contribution in [3.05, 3.63) is 146 Å². The third-order valence-corrected chi connectivity index (χ3v) is 13.8. The van der Waals surface area contributed by atoms with Gasteiger partial charge in [-0.25, -0.2) is 0 Å². The standard InChI is InChI=1S/C75H122O6/c1-4-7-10-13-16-19-22-25-28-29-30-31-32-33-34-35-36-37-38-39-40-41-42-43-44-45-48-50-53-56-59-62-65-68-74(77)80-71-72(81-75(78)69-66-63-60-57-54-51-47-27-24-21-18-15-12-9-6-3)70-79-73(76)67-64-61-58-55-52-49-46-26-23-20-17-14-11-8-5-2/h7,10,16-21,25-28,30-31,33-34,36-37,39-40,42-43,46-47,72H,4-6,8-9,11-15,22-24,29,32,35,38,41,44-45,48-71H2,1-3H3/b10-7-,19-16-,20-17-,21-18-,28-25-,31-30-,34-33-,37-36-,40-39-,43-42-,46-26-,47-27-. The molecule has 1 unspecified atom stereocenters. The summed E-state index contributed by atoms with van der Waals surface area (Å²) in [6, 6.07) is 0. The van der Waals surface area contributed by atoms with Gasteiger partial charge in [0.2, 0.25) is 0 Å². The van der Waals surface area contributed by atoms with Crippen LogP contribution in [-0.4, -0.2) is 37.2 Å². The summed E-state index contributed by atoms with van der Waals surface area (Å²) in [5, 5.41) is 0. The summed E-state index contributed by atoms with van der Waals surface area (Å²) in [6.45, 7) is 6.45. The van der Waals surface area contributed by atoms with E-state index in [2.05, 4.69) is 167 Å². The van der Waals surface area contributed by atoms with Gasteiger partial charge in [0.1, 0.15) is 13.2 Å². The predicted octanol–water partition coefficient (Wildman–Crippen LogP) is 23.1. The van der Waals surface area contributed by atoms with Gasteiger partial charge in [0.15, 0.2) is 6.10 Å². The average molecular weight is 1120 g/mol. The predicted molar refractivity (Wildman–Crippen MR) is 352 cm³/mol. The van der Waals surface area contributed by atoms with Gasteiger partial charge in [-0.3, -0.25) is 14.4 Å². The number of rotatable bonds is 59. The summed E-state index contributed by atoms with van der Waals surface area (Å²) in [5.41, 5.74) is 0. The molecule has 0 bridgehead atoms. The Bertz CT molecular complexity index is 1760. The van der Waals surface area contributed by atoms with Crippen molar-refractivity contribution in [3.63, 3.8) is 0 Å². The van der Waals surface area contributed by atoms with E-state index in [9.17, 15) is 14.4 Å². The molecule has 0 aromatic carbocycles. The number of carbonyl (C=O) groups excluding carboxylic acids is 3. The molecule has 0 aliphatic heterocycles. The quantitative estimate of drug-likeness (QED) is 0.0261. The Labute approximate surface area is 499 Å². The van der Waals surface area contributed by atoms with Crippen LogP contribution in [0.2, 0.25) is 0 Å². The molecule has 0 radical (unpaired) electrons. The van der Waals surface area contributed by atoms with Gasteiger partial charge in [-0.05, 0) is 148 Å². The van der Waals surface area contributed by atoms with Gasteiger partial charge in [0.25, 0.3) is 0 Å². The summed E-state index contributed by atoms with van der Waals surface area (Å²) in [7, 11) is 0. The third kappa shape index (κ3) is 66.0. The van der Waals surface area contributed by atoms with E-state index in [0.29, 0.717) is 19.3 Å². The maximum Gasteiger partial charge on any atom is 0.306 e. The highest BCUT2D eigenvalue weighted by Crippen LogP contribution is 2.15. The molecule has 0 heterocycles. The van der Waals surface area contributed by atoms with Crippen molar-refractivity contribution in [1.29, 1.82) is 0 Å². The lowest BCUT2D eigenvalue weighted by atomic mass is 10.1. The summed E-state index contributed by atoms with van der Waals surface area (Å²) in [5.74, 6) is -0.930. The second-order valence-electron chi connectivity index (χ2n) is 21.6. The smallest absolute Gasteiger partial charge is 0.306 e. The molecule has 0 N–H and O–H groups in total. The minimum absolute atomic E-state index is 0.0966. The van der Waals surface area contributed by atoms with Gasteiger partial charge in [0, 0.05) is 19.3 Å². The minimum Gasteiger partial charge on any atom is -0.462 e. The van der Waals surface area contributed by atoms with Gasteiger partial charge in [-0.2, -0.15) is 0 Å². The Morgan fingerprint density at radius 2 is 0.481 bits per heavy atom. The van der Waals surface area contributed by atoms with E-state index in [4.69, 9.17) is 14.2 Å². The second-order valence-corrected chi connectivity index (χ2v) is 21.6. The van der Waals surface area contributed by atoms with E-state index in [1.54, 1.807) is 0 Å². The maximum atomic E-state index is 12.9. The van der Waals surface area contributed by atoms with E-state index in [1.807, 2.05) is 0 Å². The summed E-state index contributed by atoms with van der Waals surface area (Å²) < 4.78 is 16.9. The van der Waals surface area contributed by atoms with E-state index in [-0.39, 0.29) is 31.1 Å². The fourth-order valence-corrected chi connectivity index (χ4v) is 8.81. The van der Waals surface area contributed by atoms with Crippen LogP contribution in [-0.2, 0) is 28.6 Å². The lowest BCUT2D eigenvalue weighted by molar-refractivity contribution is -0.167. The molecule has 0 aromatic heterocycles. The molecular weight excluding hydrogens is 997 g/mol. The van der Waals surface area contributed by atoms with Crippen molar-refractivity contribution in [3.8, 4) is 0 Å². The molecule has 0 rings (SSSR count). The van der Waals surface area contributed by atoms with Crippen LogP contribution in [0.3, 0.4) is 0 Å². The molecule has 458 valence electrons. The zero-order chi connectivity index (χ0) is 58.5. The molecule has 0 aromatic rings. The van der Waals surface area contributed by atoms with Gasteiger partial charge in [-0.1, -0.05) is 269 Å². The molecule has 1 atom stereocenters. The fourth-order valence-electron chi connectivity index (χ4n) is 8.81. The number of unbranched alkanes of at least 4 members (excludes halogenated alkanes) is 24. The van der Waals surface area contributed by atoms with Crippen LogP contribution in [0.25, 0.3) is 0 Å². The summed E-state index contributed by atoms with van der Waals surface area (Å²) >= 11 is 0. The zero-order valence-electron chi connectivity index (χ0n) is 52.5. The lowest BCUT2D eigenvalue weighted by Gasteiger charge is -2.18. The average Bonchev–Trinajstić information content (AvgIpc) is 3.47. The van der Waals surface area contributed by atoms with Crippen LogP contribution in [0.1, 0.15) is 290 Å².